The van der Waals surface area contributed by atoms with Gasteiger partial charge in [-0.05, 0) is 84.2 Å². The van der Waals surface area contributed by atoms with Gasteiger partial charge in [-0.1, -0.05) is 137 Å². The van der Waals surface area contributed by atoms with Crippen molar-refractivity contribution in [2.75, 3.05) is 4.90 Å². The van der Waals surface area contributed by atoms with Gasteiger partial charge < -0.3 is 9.32 Å². The second kappa shape index (κ2) is 11.8. The zero-order valence-electron chi connectivity index (χ0n) is 30.6. The van der Waals surface area contributed by atoms with E-state index in [0.717, 1.165) is 36.3 Å². The highest BCUT2D eigenvalue weighted by atomic mass is 16.3. The minimum atomic E-state index is -0.103. The van der Waals surface area contributed by atoms with E-state index >= 15 is 0 Å². The predicted octanol–water partition coefficient (Wildman–Crippen LogP) is 13.5. The molecule has 0 fully saturated rings. The molecule has 0 unspecified atom stereocenters. The van der Waals surface area contributed by atoms with Gasteiger partial charge in [-0.3, -0.25) is 0 Å². The summed E-state index contributed by atoms with van der Waals surface area (Å²) in [4.78, 5) is 2.48. The van der Waals surface area contributed by atoms with Gasteiger partial charge in [-0.2, -0.15) is 0 Å². The average Bonchev–Trinajstić information content (AvgIpc) is 3.66. The number of rotatable bonds is 7. The molecule has 3 aliphatic carbocycles. The van der Waals surface area contributed by atoms with Crippen LogP contribution in [0.5, 0.6) is 0 Å². The Morgan fingerprint density at radius 3 is 2.50 bits per heavy atom. The topological polar surface area (TPSA) is 16.4 Å². The van der Waals surface area contributed by atoms with Crippen LogP contribution >= 0.6 is 0 Å². The Morgan fingerprint density at radius 1 is 0.900 bits per heavy atom. The van der Waals surface area contributed by atoms with Crippen molar-refractivity contribution >= 4 is 50.3 Å². The van der Waals surface area contributed by atoms with E-state index in [1.165, 1.54) is 77.7 Å². The molecule has 0 aliphatic heterocycles. The lowest BCUT2D eigenvalue weighted by atomic mass is 9.80. The Hall–Kier alpha value is -5.08. The summed E-state index contributed by atoms with van der Waals surface area (Å²) in [6.45, 7) is 20.3. The molecule has 50 heavy (non-hydrogen) atoms. The molecule has 3 aliphatic rings. The van der Waals surface area contributed by atoms with Crippen LogP contribution < -0.4 is 4.90 Å². The molecule has 2 heteroatoms. The largest absolute Gasteiger partial charge is 0.460 e. The second-order valence-corrected chi connectivity index (χ2v) is 15.2. The molecule has 0 saturated heterocycles. The van der Waals surface area contributed by atoms with Crippen molar-refractivity contribution in [3.8, 4) is 0 Å². The molecule has 0 N–H and O–H groups in total. The molecule has 0 saturated carbocycles. The molecular formula is C48H47NO. The highest BCUT2D eigenvalue weighted by Gasteiger charge is 2.39. The van der Waals surface area contributed by atoms with E-state index in [0.29, 0.717) is 0 Å². The zero-order chi connectivity index (χ0) is 34.9. The van der Waals surface area contributed by atoms with Crippen molar-refractivity contribution in [1.29, 1.82) is 0 Å². The van der Waals surface area contributed by atoms with Gasteiger partial charge in [0.2, 0.25) is 0 Å². The van der Waals surface area contributed by atoms with Gasteiger partial charge in [-0.15, -0.1) is 0 Å². The zero-order valence-corrected chi connectivity index (χ0v) is 30.6. The average molecular weight is 654 g/mol. The molecule has 0 spiro atoms. The molecule has 0 bridgehead atoms. The molecule has 1 aromatic heterocycles. The minimum Gasteiger partial charge on any atom is -0.460 e. The number of furan rings is 1. The van der Waals surface area contributed by atoms with Crippen molar-refractivity contribution in [3.05, 3.63) is 160 Å². The van der Waals surface area contributed by atoms with E-state index in [9.17, 15) is 0 Å². The lowest BCUT2D eigenvalue weighted by Gasteiger charge is -2.30. The van der Waals surface area contributed by atoms with Gasteiger partial charge in [0, 0.05) is 50.5 Å². The molecule has 1 heterocycles. The maximum absolute atomic E-state index is 6.80. The standard InChI is InChI=1S/C48H47NO/c1-9-11-19-34-31(4)47(5,6)42-29-33(24-25-36(34)42)49(43-22-16-18-32-17-12-13-20-35(32)43)30(3)28-39-40(10-2)48(7,8)41-27-26-38-37-21-14-15-23-44(37)50-46(38)45(39)41/h9,11-14,16-22,24-29H,1,10,15,23H2,2-8H3/b19-11-,30-28+. The first-order chi connectivity index (χ1) is 24.1. The van der Waals surface area contributed by atoms with Crippen molar-refractivity contribution < 1.29 is 4.42 Å². The Kier molecular flexibility index (Phi) is 7.56. The number of aryl methyl sites for hydroxylation is 1. The first-order valence-corrected chi connectivity index (χ1v) is 18.2. The summed E-state index contributed by atoms with van der Waals surface area (Å²) in [5.74, 6) is 1.11. The first kappa shape index (κ1) is 32.1. The van der Waals surface area contributed by atoms with Crippen LogP contribution in [0, 0.1) is 0 Å². The van der Waals surface area contributed by atoms with E-state index in [2.05, 4.69) is 163 Å². The fraction of sp³-hybridized carbons (Fsp3) is 0.250. The lowest BCUT2D eigenvalue weighted by Crippen LogP contribution is -2.19. The number of nitrogens with zero attached hydrogens (tertiary/aromatic N) is 1. The molecule has 250 valence electrons. The van der Waals surface area contributed by atoms with E-state index in [1.54, 1.807) is 0 Å². The van der Waals surface area contributed by atoms with Crippen LogP contribution in [0.15, 0.2) is 131 Å². The highest BCUT2D eigenvalue weighted by Crippen LogP contribution is 2.53. The Morgan fingerprint density at radius 2 is 1.70 bits per heavy atom. The van der Waals surface area contributed by atoms with Crippen molar-refractivity contribution in [2.24, 2.45) is 0 Å². The summed E-state index contributed by atoms with van der Waals surface area (Å²) in [7, 11) is 0. The van der Waals surface area contributed by atoms with Crippen LogP contribution in [-0.2, 0) is 17.3 Å². The van der Waals surface area contributed by atoms with Gasteiger partial charge in [0.25, 0.3) is 0 Å². The molecule has 2 nitrogen and oxygen atoms in total. The number of hydrogen-bond acceptors (Lipinski definition) is 2. The fourth-order valence-corrected chi connectivity index (χ4v) is 9.00. The smallest absolute Gasteiger partial charge is 0.143 e. The van der Waals surface area contributed by atoms with E-state index < -0.39 is 0 Å². The van der Waals surface area contributed by atoms with Crippen LogP contribution in [0.4, 0.5) is 11.4 Å². The van der Waals surface area contributed by atoms with Crippen molar-refractivity contribution in [1.82, 2.24) is 0 Å². The summed E-state index contributed by atoms with van der Waals surface area (Å²) in [6, 6.07) is 27.1. The van der Waals surface area contributed by atoms with E-state index in [-0.39, 0.29) is 10.8 Å². The van der Waals surface area contributed by atoms with Gasteiger partial charge in [0.1, 0.15) is 11.3 Å². The summed E-state index contributed by atoms with van der Waals surface area (Å²) in [6.07, 6.45) is 16.1. The SMILES string of the molecule is C=C/C=C\C1=C(C)C(C)(C)c2cc(N(/C(C)=C/C3=C(CC)C(C)(C)c4ccc5c6c(oc5c43)CCC=C6)c3cccc4ccccc34)ccc21. The monoisotopic (exact) mass is 653 g/mol. The second-order valence-electron chi connectivity index (χ2n) is 15.2. The third-order valence-corrected chi connectivity index (χ3v) is 11.9. The lowest BCUT2D eigenvalue weighted by molar-refractivity contribution is 0.544. The van der Waals surface area contributed by atoms with Crippen molar-refractivity contribution in [2.45, 2.75) is 78.6 Å². The molecule has 8 rings (SSSR count). The first-order valence-electron chi connectivity index (χ1n) is 18.2. The molecular weight excluding hydrogens is 607 g/mol. The number of anilines is 2. The van der Waals surface area contributed by atoms with Gasteiger partial charge >= 0.3 is 0 Å². The maximum Gasteiger partial charge on any atom is 0.143 e. The Labute approximate surface area is 297 Å². The molecule has 5 aromatic rings. The summed E-state index contributed by atoms with van der Waals surface area (Å²) < 4.78 is 6.80. The number of fused-ring (bicyclic) bond motifs is 7. The maximum atomic E-state index is 6.80. The Bertz CT molecular complexity index is 2390. The number of benzene rings is 4. The van der Waals surface area contributed by atoms with Crippen LogP contribution in [-0.4, -0.2) is 0 Å². The number of hydrogen-bond donors (Lipinski definition) is 0. The van der Waals surface area contributed by atoms with Gasteiger partial charge in [0.15, 0.2) is 0 Å². The van der Waals surface area contributed by atoms with E-state index in [4.69, 9.17) is 4.42 Å². The molecule has 0 radical (unpaired) electrons. The van der Waals surface area contributed by atoms with Gasteiger partial charge in [0.05, 0.1) is 5.69 Å². The molecule has 0 amide bonds. The molecule has 4 aromatic carbocycles. The summed E-state index contributed by atoms with van der Waals surface area (Å²) >= 11 is 0. The Balaban J connectivity index is 1.36. The third-order valence-electron chi connectivity index (χ3n) is 11.9. The minimum absolute atomic E-state index is 0.0982. The van der Waals surface area contributed by atoms with Crippen LogP contribution in [0.2, 0.25) is 0 Å². The van der Waals surface area contributed by atoms with Gasteiger partial charge in [-0.25, -0.2) is 0 Å². The fourth-order valence-electron chi connectivity index (χ4n) is 9.00. The quantitative estimate of drug-likeness (QED) is 0.163. The van der Waals surface area contributed by atoms with Crippen LogP contribution in [0.3, 0.4) is 0 Å². The summed E-state index contributed by atoms with van der Waals surface area (Å²) in [5, 5.41) is 3.69. The highest BCUT2D eigenvalue weighted by molar-refractivity contribution is 6.03. The van der Waals surface area contributed by atoms with Crippen molar-refractivity contribution in [3.63, 3.8) is 0 Å². The molecule has 0 atom stereocenters. The van der Waals surface area contributed by atoms with Crippen LogP contribution in [0.1, 0.15) is 94.9 Å². The third kappa shape index (κ3) is 4.68. The van der Waals surface area contributed by atoms with Crippen LogP contribution in [0.25, 0.3) is 39.0 Å². The van der Waals surface area contributed by atoms with E-state index in [1.807, 2.05) is 6.08 Å². The predicted molar refractivity (Wildman–Crippen MR) is 215 cm³/mol. The number of allylic oxidation sites excluding steroid dienone is 10. The summed E-state index contributed by atoms with van der Waals surface area (Å²) in [5.41, 5.74) is 16.3. The normalized spacial score (nSPS) is 17.6.